The summed E-state index contributed by atoms with van der Waals surface area (Å²) in [6, 6.07) is 3.89. The number of rotatable bonds is 5. The van der Waals surface area contributed by atoms with Gasteiger partial charge in [0.05, 0.1) is 11.5 Å². The van der Waals surface area contributed by atoms with E-state index < -0.39 is 22.8 Å². The van der Waals surface area contributed by atoms with E-state index in [2.05, 4.69) is 4.74 Å². The van der Waals surface area contributed by atoms with Crippen molar-refractivity contribution < 1.29 is 19.2 Å². The van der Waals surface area contributed by atoms with Crippen molar-refractivity contribution >= 4 is 23.3 Å². The van der Waals surface area contributed by atoms with E-state index in [1.165, 1.54) is 31.3 Å². The number of carbonyl (C=O) groups is 2. The van der Waals surface area contributed by atoms with Crippen LogP contribution in [0.15, 0.2) is 24.3 Å². The third-order valence-electron chi connectivity index (χ3n) is 2.58. The van der Waals surface area contributed by atoms with Gasteiger partial charge in [-0.2, -0.15) is 0 Å². The molecule has 1 amide bonds. The molecule has 0 fully saturated rings. The van der Waals surface area contributed by atoms with Gasteiger partial charge in [-0.1, -0.05) is 0 Å². The minimum absolute atomic E-state index is 0.0932. The molecule has 0 saturated carbocycles. The molecule has 1 aromatic rings. The van der Waals surface area contributed by atoms with Crippen molar-refractivity contribution in [1.82, 2.24) is 0 Å². The summed E-state index contributed by atoms with van der Waals surface area (Å²) in [6.45, 7) is 1.73. The highest BCUT2D eigenvalue weighted by atomic mass is 16.6. The molecule has 1 unspecified atom stereocenters. The number of non-ortho nitro benzene ring substituents is 1. The third-order valence-corrected chi connectivity index (χ3v) is 2.58. The van der Waals surface area contributed by atoms with Gasteiger partial charge in [0.2, 0.25) is 0 Å². The van der Waals surface area contributed by atoms with Crippen LogP contribution in [0, 0.1) is 10.1 Å². The number of nitrogens with two attached hydrogens (primary N) is 1. The average Bonchev–Trinajstić information content (AvgIpc) is 2.45. The van der Waals surface area contributed by atoms with Crippen molar-refractivity contribution in [3.63, 3.8) is 0 Å². The second-order valence-corrected chi connectivity index (χ2v) is 3.90. The predicted molar refractivity (Wildman–Crippen MR) is 71.1 cm³/mol. The van der Waals surface area contributed by atoms with Gasteiger partial charge in [0.1, 0.15) is 0 Å². The Kier molecular flexibility index (Phi) is 5.15. The fourth-order valence-electron chi connectivity index (χ4n) is 1.47. The largest absolute Gasteiger partial charge is 0.464 e. The van der Waals surface area contributed by atoms with E-state index in [4.69, 9.17) is 5.73 Å². The van der Waals surface area contributed by atoms with Gasteiger partial charge in [-0.3, -0.25) is 14.9 Å². The van der Waals surface area contributed by atoms with Crippen molar-refractivity contribution in [2.75, 3.05) is 18.6 Å². The average molecular weight is 281 g/mol. The number of ether oxygens (including phenoxy) is 1. The number of carbonyl (C=O) groups excluding carboxylic acids is 2. The van der Waals surface area contributed by atoms with Gasteiger partial charge < -0.3 is 15.4 Å². The number of nitrogens with zero attached hydrogens (tertiary/aromatic N) is 2. The lowest BCUT2D eigenvalue weighted by Crippen LogP contribution is -2.47. The molecule has 8 nitrogen and oxygen atoms in total. The topological polar surface area (TPSA) is 116 Å². The molecule has 20 heavy (non-hydrogen) atoms. The Hall–Kier alpha value is -2.48. The summed E-state index contributed by atoms with van der Waals surface area (Å²) in [5.74, 6) is -1.47. The van der Waals surface area contributed by atoms with Crippen LogP contribution in [0.25, 0.3) is 0 Å². The molecule has 0 heterocycles. The zero-order valence-corrected chi connectivity index (χ0v) is 11.1. The van der Waals surface area contributed by atoms with E-state index in [1.54, 1.807) is 6.92 Å². The Morgan fingerprint density at radius 2 is 1.95 bits per heavy atom. The van der Waals surface area contributed by atoms with Crippen molar-refractivity contribution in [3.05, 3.63) is 34.4 Å². The molecule has 1 aromatic carbocycles. The number of likely N-dealkylation sites (N-methyl/N-ethyl adjacent to an activating group) is 1. The monoisotopic (exact) mass is 281 g/mol. The van der Waals surface area contributed by atoms with Gasteiger partial charge in [0.25, 0.3) is 11.6 Å². The molecule has 0 radical (unpaired) electrons. The number of anilines is 1. The Morgan fingerprint density at radius 3 is 2.40 bits per heavy atom. The fraction of sp³-hybridized carbons (Fsp3) is 0.333. The molecular weight excluding hydrogens is 266 g/mol. The van der Waals surface area contributed by atoms with Gasteiger partial charge in [0, 0.05) is 24.9 Å². The first-order chi connectivity index (χ1) is 9.38. The molecule has 0 spiro atoms. The Bertz CT molecular complexity index is 514. The third kappa shape index (κ3) is 3.51. The van der Waals surface area contributed by atoms with Crippen molar-refractivity contribution in [2.45, 2.75) is 13.0 Å². The zero-order valence-electron chi connectivity index (χ0n) is 11.1. The standard InChI is InChI=1S/C12H15N3O5/c1-3-20-12(17)10(13)11(16)14(2)8-4-6-9(7-5-8)15(18)19/h4-7,10H,3,13H2,1-2H3. The second-order valence-electron chi connectivity index (χ2n) is 3.90. The highest BCUT2D eigenvalue weighted by Crippen LogP contribution is 2.18. The maximum atomic E-state index is 11.9. The molecule has 1 rings (SSSR count). The predicted octanol–water partition coefficient (Wildman–Crippen LogP) is 0.448. The summed E-state index contributed by atoms with van der Waals surface area (Å²) >= 11 is 0. The quantitative estimate of drug-likeness (QED) is 0.362. The summed E-state index contributed by atoms with van der Waals surface area (Å²) < 4.78 is 4.66. The Balaban J connectivity index is 2.83. The molecule has 0 aliphatic heterocycles. The minimum Gasteiger partial charge on any atom is -0.464 e. The first kappa shape index (κ1) is 15.6. The van der Waals surface area contributed by atoms with Crippen molar-refractivity contribution in [2.24, 2.45) is 5.73 Å². The molecule has 2 N–H and O–H groups in total. The molecule has 8 heteroatoms. The van der Waals surface area contributed by atoms with Crippen LogP contribution >= 0.6 is 0 Å². The van der Waals surface area contributed by atoms with Crippen molar-refractivity contribution in [1.29, 1.82) is 0 Å². The van der Waals surface area contributed by atoms with E-state index in [-0.39, 0.29) is 12.3 Å². The highest BCUT2D eigenvalue weighted by Gasteiger charge is 2.27. The fourth-order valence-corrected chi connectivity index (χ4v) is 1.47. The highest BCUT2D eigenvalue weighted by molar-refractivity contribution is 6.09. The number of benzene rings is 1. The van der Waals surface area contributed by atoms with Crippen LogP contribution in [-0.2, 0) is 14.3 Å². The van der Waals surface area contributed by atoms with Crippen LogP contribution in [0.1, 0.15) is 6.92 Å². The molecule has 0 aliphatic carbocycles. The van der Waals surface area contributed by atoms with E-state index >= 15 is 0 Å². The van der Waals surface area contributed by atoms with Crippen LogP contribution in [0.4, 0.5) is 11.4 Å². The number of amides is 1. The van der Waals surface area contributed by atoms with Crippen LogP contribution in [0.2, 0.25) is 0 Å². The molecule has 0 aromatic heterocycles. The van der Waals surface area contributed by atoms with Crippen molar-refractivity contribution in [3.8, 4) is 0 Å². The number of esters is 1. The number of hydrogen-bond acceptors (Lipinski definition) is 6. The minimum atomic E-state index is -1.42. The van der Waals surface area contributed by atoms with Crippen LogP contribution in [-0.4, -0.2) is 36.5 Å². The molecule has 0 aliphatic rings. The SMILES string of the molecule is CCOC(=O)C(N)C(=O)N(C)c1ccc([N+](=O)[O-])cc1. The lowest BCUT2D eigenvalue weighted by molar-refractivity contribution is -0.384. The van der Waals surface area contributed by atoms with Crippen LogP contribution in [0.5, 0.6) is 0 Å². The van der Waals surface area contributed by atoms with E-state index in [0.717, 1.165) is 4.90 Å². The van der Waals surface area contributed by atoms with E-state index in [9.17, 15) is 19.7 Å². The van der Waals surface area contributed by atoms with Gasteiger partial charge in [-0.15, -0.1) is 0 Å². The van der Waals surface area contributed by atoms with Gasteiger partial charge >= 0.3 is 5.97 Å². The maximum absolute atomic E-state index is 11.9. The van der Waals surface area contributed by atoms with Gasteiger partial charge in [0.15, 0.2) is 6.04 Å². The number of nitro groups is 1. The molecule has 1 atom stereocenters. The maximum Gasteiger partial charge on any atom is 0.332 e. The Morgan fingerprint density at radius 1 is 1.40 bits per heavy atom. The van der Waals surface area contributed by atoms with E-state index in [1.807, 2.05) is 0 Å². The number of nitro benzene ring substituents is 1. The molecule has 0 bridgehead atoms. The summed E-state index contributed by atoms with van der Waals surface area (Å²) in [5.41, 5.74) is 5.79. The molecule has 0 saturated heterocycles. The lowest BCUT2D eigenvalue weighted by Gasteiger charge is -2.20. The summed E-state index contributed by atoms with van der Waals surface area (Å²) in [5, 5.41) is 10.5. The summed E-state index contributed by atoms with van der Waals surface area (Å²) in [7, 11) is 1.42. The van der Waals surface area contributed by atoms with Crippen LogP contribution < -0.4 is 10.6 Å². The summed E-state index contributed by atoms with van der Waals surface area (Å²) in [6.07, 6.45) is 0. The first-order valence-corrected chi connectivity index (χ1v) is 5.82. The molecular formula is C12H15N3O5. The smallest absolute Gasteiger partial charge is 0.332 e. The van der Waals surface area contributed by atoms with E-state index in [0.29, 0.717) is 5.69 Å². The zero-order chi connectivity index (χ0) is 15.3. The second kappa shape index (κ2) is 6.62. The molecule has 108 valence electrons. The normalized spacial score (nSPS) is 11.6. The Labute approximate surface area is 115 Å². The lowest BCUT2D eigenvalue weighted by atomic mass is 10.2. The first-order valence-electron chi connectivity index (χ1n) is 5.82. The summed E-state index contributed by atoms with van der Waals surface area (Å²) in [4.78, 5) is 34.5. The van der Waals surface area contributed by atoms with Gasteiger partial charge in [-0.05, 0) is 19.1 Å². The number of hydrogen-bond donors (Lipinski definition) is 1. The van der Waals surface area contributed by atoms with Gasteiger partial charge in [-0.25, -0.2) is 4.79 Å². The van der Waals surface area contributed by atoms with Crippen LogP contribution in [0.3, 0.4) is 0 Å².